The predicted octanol–water partition coefficient (Wildman–Crippen LogP) is 5.13. The fourth-order valence-electron chi connectivity index (χ4n) is 3.49. The van der Waals surface area contributed by atoms with Crippen molar-refractivity contribution in [2.75, 3.05) is 5.32 Å². The average Bonchev–Trinajstić information content (AvgIpc) is 2.84. The Morgan fingerprint density at radius 3 is 2.11 bits per heavy atom. The van der Waals surface area contributed by atoms with Gasteiger partial charge in [0, 0.05) is 16.8 Å². The van der Waals surface area contributed by atoms with Gasteiger partial charge in [0.05, 0.1) is 34.9 Å². The third-order valence-electron chi connectivity index (χ3n) is 6.60. The molecule has 0 fully saturated rings. The Bertz CT molecular complexity index is 1310. The maximum Gasteiger partial charge on any atom is 0.417 e. The van der Waals surface area contributed by atoms with E-state index in [-0.39, 0.29) is 27.4 Å². The molecular weight excluding hydrogens is 515 g/mol. The van der Waals surface area contributed by atoms with Crippen molar-refractivity contribution in [3.63, 3.8) is 0 Å². The van der Waals surface area contributed by atoms with E-state index in [1.807, 2.05) is 45.4 Å². The summed E-state index contributed by atoms with van der Waals surface area (Å²) in [6.45, 7) is 11.5. The van der Waals surface area contributed by atoms with E-state index in [2.05, 4.69) is 5.32 Å². The molecule has 0 saturated heterocycles. The molecule has 38 heavy (non-hydrogen) atoms. The Hall–Kier alpha value is -3.71. The van der Waals surface area contributed by atoms with E-state index in [9.17, 15) is 28.0 Å². The van der Waals surface area contributed by atoms with Gasteiger partial charge < -0.3 is 9.74 Å². The van der Waals surface area contributed by atoms with E-state index in [0.717, 1.165) is 12.1 Å². The van der Waals surface area contributed by atoms with Crippen molar-refractivity contribution in [3.05, 3.63) is 64.2 Å². The van der Waals surface area contributed by atoms with Crippen molar-refractivity contribution in [2.24, 2.45) is 5.84 Å². The quantitative estimate of drug-likeness (QED) is 0.137. The molecule has 12 heteroatoms. The fraction of sp³-hybridized carbons (Fsp3) is 0.385. The van der Waals surface area contributed by atoms with Crippen molar-refractivity contribution < 1.29 is 27.2 Å². The van der Waals surface area contributed by atoms with Crippen molar-refractivity contribution in [3.8, 4) is 12.1 Å². The molecule has 0 saturated carbocycles. The lowest BCUT2D eigenvalue weighted by Gasteiger charge is -2.40. The number of ketones is 1. The number of alkyl halides is 3. The molecule has 2 rings (SSSR count). The maximum atomic E-state index is 13.9. The Morgan fingerprint density at radius 1 is 1.03 bits per heavy atom. The van der Waals surface area contributed by atoms with Crippen LogP contribution in [-0.2, 0) is 10.6 Å². The van der Waals surface area contributed by atoms with Gasteiger partial charge in [-0.05, 0) is 61.5 Å². The summed E-state index contributed by atoms with van der Waals surface area (Å²) < 4.78 is 47.2. The summed E-state index contributed by atoms with van der Waals surface area (Å²) in [5.74, 6) is 3.84. The van der Waals surface area contributed by atoms with Crippen LogP contribution in [-0.4, -0.2) is 32.2 Å². The van der Waals surface area contributed by atoms with Crippen LogP contribution in [0.4, 0.5) is 18.9 Å². The first-order chi connectivity index (χ1) is 17.5. The van der Waals surface area contributed by atoms with Gasteiger partial charge in [0.2, 0.25) is 0 Å². The number of carbonyl (C=O) groups excluding carboxylic acids is 2. The molecule has 0 radical (unpaired) electrons. The van der Waals surface area contributed by atoms with Gasteiger partial charge in [-0.15, -0.1) is 0 Å². The second-order valence-electron chi connectivity index (χ2n) is 10.3. The molecule has 0 aromatic heterocycles. The number of carbonyl (C=O) groups is 2. The van der Waals surface area contributed by atoms with Crippen LogP contribution in [0.2, 0.25) is 18.1 Å². The molecule has 202 valence electrons. The lowest BCUT2D eigenvalue weighted by atomic mass is 9.94. The number of nitrogens with zero attached hydrogens (tertiary/aromatic N) is 2. The Balaban J connectivity index is 2.66. The molecule has 4 N–H and O–H groups in total. The lowest BCUT2D eigenvalue weighted by Crippen LogP contribution is -2.50. The number of nitriles is 2. The SMILES string of the molecule is C[C@@H](O[Si](C)(C)C(C)(C)C)[C@@H](Nc1ccc(C#N)c(C(F)(F)F)c1)C(=O)c1cc(C(=O)NN)ccc1C#N. The molecule has 2 aromatic carbocycles. The minimum atomic E-state index is -4.80. The molecule has 2 atom stereocenters. The van der Waals surface area contributed by atoms with E-state index in [0.29, 0.717) is 0 Å². The number of hydrogen-bond acceptors (Lipinski definition) is 7. The van der Waals surface area contributed by atoms with Gasteiger partial charge in [-0.2, -0.15) is 23.7 Å². The minimum absolute atomic E-state index is 0.0179. The monoisotopic (exact) mass is 545 g/mol. The number of hydrogen-bond donors (Lipinski definition) is 3. The molecule has 0 unspecified atom stereocenters. The fourth-order valence-corrected chi connectivity index (χ4v) is 4.91. The summed E-state index contributed by atoms with van der Waals surface area (Å²) in [6.07, 6.45) is -5.66. The van der Waals surface area contributed by atoms with Gasteiger partial charge in [0.25, 0.3) is 5.91 Å². The van der Waals surface area contributed by atoms with E-state index in [1.165, 1.54) is 30.3 Å². The third kappa shape index (κ3) is 6.78. The molecule has 8 nitrogen and oxygen atoms in total. The number of nitrogen functional groups attached to an aromatic ring is 1. The van der Waals surface area contributed by atoms with Crippen molar-refractivity contribution in [2.45, 2.75) is 64.1 Å². The Kier molecular flexibility index (Phi) is 9.11. The molecule has 0 bridgehead atoms. The normalized spacial score (nSPS) is 13.6. The number of benzene rings is 2. The zero-order valence-electron chi connectivity index (χ0n) is 21.9. The highest BCUT2D eigenvalue weighted by Crippen LogP contribution is 2.38. The van der Waals surface area contributed by atoms with Crippen LogP contribution in [0.5, 0.6) is 0 Å². The van der Waals surface area contributed by atoms with Gasteiger partial charge in [-0.3, -0.25) is 15.0 Å². The number of hydrazine groups is 1. The lowest BCUT2D eigenvalue weighted by molar-refractivity contribution is -0.137. The summed E-state index contributed by atoms with van der Waals surface area (Å²) in [4.78, 5) is 25.9. The van der Waals surface area contributed by atoms with Gasteiger partial charge in [-0.25, -0.2) is 5.84 Å². The van der Waals surface area contributed by atoms with Crippen LogP contribution in [0, 0.1) is 22.7 Å². The van der Waals surface area contributed by atoms with Crippen LogP contribution < -0.4 is 16.6 Å². The first-order valence-corrected chi connectivity index (χ1v) is 14.5. The van der Waals surface area contributed by atoms with E-state index in [4.69, 9.17) is 15.5 Å². The Morgan fingerprint density at radius 2 is 1.61 bits per heavy atom. The number of nitrogens with one attached hydrogen (secondary N) is 2. The summed E-state index contributed by atoms with van der Waals surface area (Å²) in [6, 6.07) is 9.02. The van der Waals surface area contributed by atoms with Crippen molar-refractivity contribution in [1.82, 2.24) is 5.43 Å². The summed E-state index contributed by atoms with van der Waals surface area (Å²) in [7, 11) is -2.47. The number of anilines is 1. The number of Topliss-reactive ketones (excluding diaryl/α,β-unsaturated/α-hetero) is 1. The molecule has 0 aliphatic heterocycles. The van der Waals surface area contributed by atoms with Crippen LogP contribution in [0.15, 0.2) is 36.4 Å². The van der Waals surface area contributed by atoms with Crippen LogP contribution in [0.1, 0.15) is 65.1 Å². The first-order valence-electron chi connectivity index (χ1n) is 11.6. The first kappa shape index (κ1) is 30.5. The molecule has 2 aromatic rings. The molecule has 1 amide bonds. The zero-order chi connectivity index (χ0) is 29.1. The van der Waals surface area contributed by atoms with Gasteiger partial charge in [0.15, 0.2) is 14.1 Å². The second kappa shape index (κ2) is 11.4. The average molecular weight is 546 g/mol. The number of rotatable bonds is 8. The van der Waals surface area contributed by atoms with Crippen LogP contribution in [0.3, 0.4) is 0 Å². The summed E-state index contributed by atoms with van der Waals surface area (Å²) in [5, 5.41) is 21.3. The maximum absolute atomic E-state index is 13.9. The summed E-state index contributed by atoms with van der Waals surface area (Å²) in [5.41, 5.74) is 0.0135. The molecule has 0 spiro atoms. The van der Waals surface area contributed by atoms with Crippen molar-refractivity contribution >= 4 is 25.7 Å². The van der Waals surface area contributed by atoms with E-state index >= 15 is 0 Å². The summed E-state index contributed by atoms with van der Waals surface area (Å²) >= 11 is 0. The van der Waals surface area contributed by atoms with Gasteiger partial charge in [-0.1, -0.05) is 20.8 Å². The van der Waals surface area contributed by atoms with Gasteiger partial charge >= 0.3 is 6.18 Å². The highest BCUT2D eigenvalue weighted by molar-refractivity contribution is 6.74. The zero-order valence-corrected chi connectivity index (χ0v) is 22.9. The van der Waals surface area contributed by atoms with Crippen LogP contribution in [0.25, 0.3) is 0 Å². The topological polar surface area (TPSA) is 141 Å². The number of amides is 1. The molecular formula is C26H30F3N5O3Si. The second-order valence-corrected chi connectivity index (χ2v) is 15.0. The highest BCUT2D eigenvalue weighted by atomic mass is 28.4. The highest BCUT2D eigenvalue weighted by Gasteiger charge is 2.41. The minimum Gasteiger partial charge on any atom is -0.412 e. The predicted molar refractivity (Wildman–Crippen MR) is 138 cm³/mol. The van der Waals surface area contributed by atoms with E-state index < -0.39 is 49.5 Å². The third-order valence-corrected chi connectivity index (χ3v) is 11.2. The Labute approximate surface area is 220 Å². The molecule has 0 aliphatic rings. The van der Waals surface area contributed by atoms with Crippen LogP contribution >= 0.6 is 0 Å². The number of halogens is 3. The van der Waals surface area contributed by atoms with Crippen molar-refractivity contribution in [1.29, 1.82) is 10.5 Å². The van der Waals surface area contributed by atoms with E-state index in [1.54, 1.807) is 6.92 Å². The molecule has 0 aliphatic carbocycles. The standard InChI is InChI=1S/C26H30F3N5O3Si/c1-15(37-38(5,6)25(2,3)4)22(33-19-10-9-18(14-31)21(12-19)26(27,28)29)23(35)20-11-16(24(36)34-32)7-8-17(20)13-30/h7-12,15,22,33H,32H2,1-6H3,(H,34,36)/t15-,22-/m1/s1. The number of nitrogens with two attached hydrogens (primary N) is 1. The smallest absolute Gasteiger partial charge is 0.412 e. The largest absolute Gasteiger partial charge is 0.417 e. The van der Waals surface area contributed by atoms with Gasteiger partial charge in [0.1, 0.15) is 6.04 Å². The molecule has 0 heterocycles.